The lowest BCUT2D eigenvalue weighted by Crippen LogP contribution is -2.46. The molecule has 0 aliphatic carbocycles. The SMILES string of the molecule is CC(C)(C)OC(=O)N1CCCC(Oc2ccncc2N=C=S)C1. The van der Waals surface area contributed by atoms with Crippen LogP contribution in [0.15, 0.2) is 23.5 Å². The maximum absolute atomic E-state index is 12.2. The van der Waals surface area contributed by atoms with E-state index in [-0.39, 0.29) is 12.2 Å². The third-order valence-electron chi connectivity index (χ3n) is 3.25. The largest absolute Gasteiger partial charge is 0.486 e. The summed E-state index contributed by atoms with van der Waals surface area (Å²) in [5.41, 5.74) is 0.0360. The van der Waals surface area contributed by atoms with Gasteiger partial charge in [0.15, 0.2) is 0 Å². The summed E-state index contributed by atoms with van der Waals surface area (Å²) < 4.78 is 11.4. The van der Waals surface area contributed by atoms with E-state index >= 15 is 0 Å². The number of hydrogen-bond donors (Lipinski definition) is 0. The van der Waals surface area contributed by atoms with Gasteiger partial charge in [-0.15, -0.1) is 0 Å². The predicted molar refractivity (Wildman–Crippen MR) is 90.4 cm³/mol. The third kappa shape index (κ3) is 5.30. The number of hydrogen-bond acceptors (Lipinski definition) is 6. The zero-order chi connectivity index (χ0) is 16.9. The van der Waals surface area contributed by atoms with Crippen LogP contribution in [-0.2, 0) is 4.74 Å². The molecule has 1 saturated heterocycles. The van der Waals surface area contributed by atoms with Crippen LogP contribution in [0.2, 0.25) is 0 Å². The molecule has 1 unspecified atom stereocenters. The Balaban J connectivity index is 2.02. The Hall–Kier alpha value is -1.98. The maximum Gasteiger partial charge on any atom is 0.410 e. The van der Waals surface area contributed by atoms with Crippen LogP contribution < -0.4 is 4.74 Å². The van der Waals surface area contributed by atoms with Crippen LogP contribution >= 0.6 is 12.2 Å². The number of piperidine rings is 1. The standard InChI is InChI=1S/C16H21N3O3S/c1-16(2,3)22-15(20)19-8-4-5-12(10-19)21-14-6-7-17-9-13(14)18-11-23/h6-7,9,12H,4-5,8,10H2,1-3H3. The molecule has 1 aliphatic rings. The summed E-state index contributed by atoms with van der Waals surface area (Å²) in [6.45, 7) is 6.73. The topological polar surface area (TPSA) is 64.0 Å². The molecule has 1 aromatic heterocycles. The van der Waals surface area contributed by atoms with Gasteiger partial charge in [0, 0.05) is 18.8 Å². The molecular weight excluding hydrogens is 314 g/mol. The van der Waals surface area contributed by atoms with Crippen LogP contribution in [0, 0.1) is 0 Å². The molecule has 124 valence electrons. The number of amides is 1. The molecule has 0 N–H and O–H groups in total. The van der Waals surface area contributed by atoms with Gasteiger partial charge in [0.2, 0.25) is 0 Å². The fourth-order valence-corrected chi connectivity index (χ4v) is 2.41. The molecule has 0 radical (unpaired) electrons. The van der Waals surface area contributed by atoms with E-state index in [4.69, 9.17) is 9.47 Å². The summed E-state index contributed by atoms with van der Waals surface area (Å²) in [6.07, 6.45) is 4.51. The Morgan fingerprint density at radius 1 is 1.52 bits per heavy atom. The number of carbonyl (C=O) groups is 1. The molecule has 1 amide bonds. The Bertz CT molecular complexity index is 609. The van der Waals surface area contributed by atoms with E-state index < -0.39 is 5.60 Å². The van der Waals surface area contributed by atoms with Gasteiger partial charge in [0.05, 0.1) is 17.9 Å². The summed E-state index contributed by atoms with van der Waals surface area (Å²) in [5.74, 6) is 0.591. The van der Waals surface area contributed by atoms with Crippen LogP contribution in [0.5, 0.6) is 5.75 Å². The van der Waals surface area contributed by atoms with Crippen molar-refractivity contribution < 1.29 is 14.3 Å². The Morgan fingerprint density at radius 2 is 2.30 bits per heavy atom. The van der Waals surface area contributed by atoms with E-state index in [0.29, 0.717) is 24.5 Å². The number of nitrogens with zero attached hydrogens (tertiary/aromatic N) is 3. The highest BCUT2D eigenvalue weighted by Gasteiger charge is 2.28. The van der Waals surface area contributed by atoms with Crippen LogP contribution in [-0.4, -0.2) is 45.9 Å². The van der Waals surface area contributed by atoms with Crippen molar-refractivity contribution >= 4 is 29.2 Å². The van der Waals surface area contributed by atoms with E-state index in [1.807, 2.05) is 20.8 Å². The number of ether oxygens (including phenoxy) is 2. The van der Waals surface area contributed by atoms with Gasteiger partial charge >= 0.3 is 6.09 Å². The molecule has 0 aromatic carbocycles. The van der Waals surface area contributed by atoms with Crippen molar-refractivity contribution in [2.75, 3.05) is 13.1 Å². The quantitative estimate of drug-likeness (QED) is 0.624. The molecule has 1 fully saturated rings. The molecule has 7 heteroatoms. The highest BCUT2D eigenvalue weighted by atomic mass is 32.1. The summed E-state index contributed by atoms with van der Waals surface area (Å²) in [7, 11) is 0. The number of carbonyl (C=O) groups excluding carboxylic acids is 1. The number of aromatic nitrogens is 1. The minimum atomic E-state index is -0.503. The van der Waals surface area contributed by atoms with Crippen LogP contribution in [0.4, 0.5) is 10.5 Å². The van der Waals surface area contributed by atoms with E-state index in [1.54, 1.807) is 23.4 Å². The molecule has 1 aliphatic heterocycles. The van der Waals surface area contributed by atoms with Gasteiger partial charge in [-0.1, -0.05) is 0 Å². The first-order chi connectivity index (χ1) is 10.9. The number of isothiocyanates is 1. The van der Waals surface area contributed by atoms with Crippen molar-refractivity contribution in [1.82, 2.24) is 9.88 Å². The number of rotatable bonds is 3. The van der Waals surface area contributed by atoms with Gasteiger partial charge in [-0.3, -0.25) is 4.98 Å². The lowest BCUT2D eigenvalue weighted by atomic mass is 10.1. The molecule has 1 atom stereocenters. The van der Waals surface area contributed by atoms with Gasteiger partial charge in [0.25, 0.3) is 0 Å². The lowest BCUT2D eigenvalue weighted by Gasteiger charge is -2.34. The fraction of sp³-hybridized carbons (Fsp3) is 0.562. The second kappa shape index (κ2) is 7.53. The van der Waals surface area contributed by atoms with Crippen molar-refractivity contribution in [2.45, 2.75) is 45.3 Å². The zero-order valence-electron chi connectivity index (χ0n) is 13.6. The highest BCUT2D eigenvalue weighted by Crippen LogP contribution is 2.28. The van der Waals surface area contributed by atoms with Crippen LogP contribution in [0.25, 0.3) is 0 Å². The average Bonchev–Trinajstić information content (AvgIpc) is 2.48. The monoisotopic (exact) mass is 335 g/mol. The summed E-state index contributed by atoms with van der Waals surface area (Å²) in [5, 5.41) is 2.32. The highest BCUT2D eigenvalue weighted by molar-refractivity contribution is 7.78. The normalized spacial score (nSPS) is 18.0. The molecule has 1 aromatic rings. The van der Waals surface area contributed by atoms with Gasteiger partial charge in [-0.25, -0.2) is 4.79 Å². The lowest BCUT2D eigenvalue weighted by molar-refractivity contribution is 0.00783. The molecule has 0 spiro atoms. The molecule has 2 heterocycles. The van der Waals surface area contributed by atoms with Gasteiger partial charge in [-0.2, -0.15) is 4.99 Å². The summed E-state index contributed by atoms with van der Waals surface area (Å²) >= 11 is 4.63. The molecule has 23 heavy (non-hydrogen) atoms. The fourth-order valence-electron chi connectivity index (χ4n) is 2.31. The predicted octanol–water partition coefficient (Wildman–Crippen LogP) is 3.59. The summed E-state index contributed by atoms with van der Waals surface area (Å²) in [4.78, 5) is 21.8. The van der Waals surface area contributed by atoms with E-state index in [2.05, 4.69) is 27.4 Å². The smallest absolute Gasteiger partial charge is 0.410 e. The first-order valence-electron chi connectivity index (χ1n) is 7.55. The number of likely N-dealkylation sites (tertiary alicyclic amines) is 1. The van der Waals surface area contributed by atoms with Crippen molar-refractivity contribution in [3.63, 3.8) is 0 Å². The molecule has 6 nitrogen and oxygen atoms in total. The van der Waals surface area contributed by atoms with Crippen molar-refractivity contribution in [2.24, 2.45) is 4.99 Å². The van der Waals surface area contributed by atoms with Crippen molar-refractivity contribution in [3.8, 4) is 5.75 Å². The zero-order valence-corrected chi connectivity index (χ0v) is 14.4. The molecule has 0 bridgehead atoms. The van der Waals surface area contributed by atoms with Crippen molar-refractivity contribution in [3.05, 3.63) is 18.5 Å². The molecule has 2 rings (SSSR count). The second-order valence-corrected chi connectivity index (χ2v) is 6.54. The molecule has 0 saturated carbocycles. The van der Waals surface area contributed by atoms with Gasteiger partial charge in [-0.05, 0) is 45.8 Å². The third-order valence-corrected chi connectivity index (χ3v) is 3.34. The second-order valence-electron chi connectivity index (χ2n) is 6.35. The first-order valence-corrected chi connectivity index (χ1v) is 7.96. The Labute approximate surface area is 141 Å². The van der Waals surface area contributed by atoms with Crippen LogP contribution in [0.3, 0.4) is 0 Å². The number of aliphatic imine (C=N–C) groups is 1. The Kier molecular flexibility index (Phi) is 5.69. The van der Waals surface area contributed by atoms with Crippen molar-refractivity contribution in [1.29, 1.82) is 0 Å². The van der Waals surface area contributed by atoms with E-state index in [9.17, 15) is 4.79 Å². The first kappa shape index (κ1) is 17.4. The molecular formula is C16H21N3O3S. The minimum Gasteiger partial charge on any atom is -0.486 e. The van der Waals surface area contributed by atoms with E-state index in [1.165, 1.54) is 0 Å². The average molecular weight is 335 g/mol. The maximum atomic E-state index is 12.2. The van der Waals surface area contributed by atoms with Crippen LogP contribution in [0.1, 0.15) is 33.6 Å². The summed E-state index contributed by atoms with van der Waals surface area (Å²) in [6, 6.07) is 1.73. The van der Waals surface area contributed by atoms with E-state index in [0.717, 1.165) is 12.8 Å². The van der Waals surface area contributed by atoms with Gasteiger partial charge in [0.1, 0.15) is 23.1 Å². The number of pyridine rings is 1. The number of thiocarbonyl (C=S) groups is 1. The Morgan fingerprint density at radius 3 is 3.00 bits per heavy atom. The van der Waals surface area contributed by atoms with Gasteiger partial charge < -0.3 is 14.4 Å². The minimum absolute atomic E-state index is 0.113.